The second kappa shape index (κ2) is 7.25. The number of carbonyl (C=O) groups excluding carboxylic acids is 1. The van der Waals surface area contributed by atoms with Crippen molar-refractivity contribution in [2.75, 3.05) is 13.7 Å². The van der Waals surface area contributed by atoms with Crippen molar-refractivity contribution in [3.63, 3.8) is 0 Å². The smallest absolute Gasteiger partial charge is 0.364 e. The average molecular weight is 384 g/mol. The molecule has 3 rings (SSSR count). The number of hydrogen-bond donors (Lipinski definition) is 2. The fourth-order valence-electron chi connectivity index (χ4n) is 3.18. The lowest BCUT2D eigenvalue weighted by Gasteiger charge is -2.18. The molecular formula is C16H20ClN4O3S+. The lowest BCUT2D eigenvalue weighted by Crippen LogP contribution is -3.14. The summed E-state index contributed by atoms with van der Waals surface area (Å²) >= 11 is 11.4. The molecule has 134 valence electrons. The van der Waals surface area contributed by atoms with Gasteiger partial charge in [-0.15, -0.1) is 5.10 Å². The van der Waals surface area contributed by atoms with Gasteiger partial charge in [-0.2, -0.15) is 4.68 Å². The van der Waals surface area contributed by atoms with Crippen molar-refractivity contribution in [1.29, 1.82) is 0 Å². The molecule has 0 radical (unpaired) electrons. The number of aromatic nitrogens is 3. The molecule has 3 atom stereocenters. The maximum absolute atomic E-state index is 11.9. The summed E-state index contributed by atoms with van der Waals surface area (Å²) in [5, 5.41) is 15.2. The zero-order valence-electron chi connectivity index (χ0n) is 14.0. The first-order valence-electron chi connectivity index (χ1n) is 7.91. The third-order valence-electron chi connectivity index (χ3n) is 4.48. The van der Waals surface area contributed by atoms with Gasteiger partial charge in [0.15, 0.2) is 18.5 Å². The summed E-state index contributed by atoms with van der Waals surface area (Å²) in [6, 6.07) is 6.95. The molecule has 1 saturated heterocycles. The second-order valence-corrected chi connectivity index (χ2v) is 6.96. The largest absolute Gasteiger partial charge is 0.465 e. The Morgan fingerprint density at radius 3 is 2.80 bits per heavy atom. The van der Waals surface area contributed by atoms with Crippen LogP contribution < -0.4 is 4.90 Å². The van der Waals surface area contributed by atoms with Crippen molar-refractivity contribution in [3.05, 3.63) is 34.1 Å². The van der Waals surface area contributed by atoms with E-state index in [2.05, 4.69) is 5.10 Å². The molecule has 0 amide bonds. The van der Waals surface area contributed by atoms with Gasteiger partial charge in [0.2, 0.25) is 4.77 Å². The van der Waals surface area contributed by atoms with Crippen LogP contribution in [-0.4, -0.2) is 51.2 Å². The number of carbonyl (C=O) groups is 1. The van der Waals surface area contributed by atoms with Crippen LogP contribution in [0.15, 0.2) is 24.3 Å². The lowest BCUT2D eigenvalue weighted by atomic mass is 10.2. The predicted octanol–water partition coefficient (Wildman–Crippen LogP) is 0.420. The molecule has 0 aliphatic carbocycles. The molecule has 2 N–H and O–H groups in total. The number of likely N-dealkylation sites (tertiary alicyclic amines) is 1. The maximum Gasteiger partial charge on any atom is 0.364 e. The molecule has 1 aromatic carbocycles. The van der Waals surface area contributed by atoms with Crippen LogP contribution in [0.3, 0.4) is 0 Å². The van der Waals surface area contributed by atoms with E-state index < -0.39 is 12.1 Å². The Hall–Kier alpha value is -1.74. The van der Waals surface area contributed by atoms with Gasteiger partial charge in [0.1, 0.15) is 12.6 Å². The van der Waals surface area contributed by atoms with Crippen LogP contribution in [0.4, 0.5) is 0 Å². The molecular weight excluding hydrogens is 364 g/mol. The second-order valence-electron chi connectivity index (χ2n) is 6.16. The third kappa shape index (κ3) is 3.62. The highest BCUT2D eigenvalue weighted by Crippen LogP contribution is 2.19. The Morgan fingerprint density at radius 1 is 1.48 bits per heavy atom. The molecule has 0 spiro atoms. The number of aliphatic hydroxyl groups is 1. The van der Waals surface area contributed by atoms with Crippen LogP contribution in [0.2, 0.25) is 5.02 Å². The number of aliphatic hydroxyl groups excluding tert-OH is 1. The Kier molecular flexibility index (Phi) is 5.24. The quantitative estimate of drug-likeness (QED) is 0.591. The van der Waals surface area contributed by atoms with Gasteiger partial charge in [-0.05, 0) is 36.5 Å². The zero-order valence-corrected chi connectivity index (χ0v) is 15.5. The number of methoxy groups -OCH3 is 1. The number of nitrogens with one attached hydrogen (secondary N) is 1. The van der Waals surface area contributed by atoms with Gasteiger partial charge in [-0.25, -0.2) is 4.79 Å². The Morgan fingerprint density at radius 2 is 2.16 bits per heavy atom. The molecule has 1 aliphatic rings. The molecule has 2 aromatic rings. The Labute approximate surface area is 155 Å². The minimum Gasteiger partial charge on any atom is -0.465 e. The number of benzene rings is 1. The number of ether oxygens (including phenoxy) is 1. The zero-order chi connectivity index (χ0) is 18.1. The first-order valence-corrected chi connectivity index (χ1v) is 8.69. The van der Waals surface area contributed by atoms with E-state index in [9.17, 15) is 9.90 Å². The monoisotopic (exact) mass is 383 g/mol. The van der Waals surface area contributed by atoms with E-state index in [1.165, 1.54) is 7.11 Å². The predicted molar refractivity (Wildman–Crippen MR) is 94.7 cm³/mol. The van der Waals surface area contributed by atoms with Crippen molar-refractivity contribution in [2.45, 2.75) is 25.2 Å². The van der Waals surface area contributed by atoms with E-state index in [1.54, 1.807) is 16.8 Å². The average Bonchev–Trinajstić information content (AvgIpc) is 3.10. The third-order valence-corrected chi connectivity index (χ3v) is 5.22. The van der Waals surface area contributed by atoms with Gasteiger partial charge >= 0.3 is 5.97 Å². The summed E-state index contributed by atoms with van der Waals surface area (Å²) in [4.78, 5) is 12.8. The number of nitrogens with zero attached hydrogens (tertiary/aromatic N) is 3. The first-order chi connectivity index (χ1) is 11.9. The topological polar surface area (TPSA) is 73.7 Å². The highest BCUT2D eigenvalue weighted by atomic mass is 35.5. The molecule has 0 bridgehead atoms. The highest BCUT2D eigenvalue weighted by molar-refractivity contribution is 7.71. The van der Waals surface area contributed by atoms with Crippen LogP contribution >= 0.6 is 23.8 Å². The minimum absolute atomic E-state index is 0.327. The number of halogens is 1. The molecule has 1 fully saturated rings. The van der Waals surface area contributed by atoms with Crippen LogP contribution in [0.5, 0.6) is 0 Å². The van der Waals surface area contributed by atoms with E-state index in [-0.39, 0.29) is 5.97 Å². The molecule has 7 nitrogen and oxygen atoms in total. The Balaban J connectivity index is 1.88. The Bertz CT molecular complexity index is 833. The van der Waals surface area contributed by atoms with Crippen LogP contribution in [0.1, 0.15) is 6.42 Å². The summed E-state index contributed by atoms with van der Waals surface area (Å²) in [5.74, 6) is 0.391. The maximum atomic E-state index is 11.9. The normalized spacial score (nSPS) is 23.0. The number of quaternary nitrogens is 1. The van der Waals surface area contributed by atoms with E-state index in [0.717, 1.165) is 16.3 Å². The first kappa shape index (κ1) is 18.1. The van der Waals surface area contributed by atoms with Crippen molar-refractivity contribution in [3.8, 4) is 11.4 Å². The van der Waals surface area contributed by atoms with Crippen LogP contribution in [0, 0.1) is 4.77 Å². The summed E-state index contributed by atoms with van der Waals surface area (Å²) in [6.07, 6.45) is -0.153. The van der Waals surface area contributed by atoms with Crippen LogP contribution in [0.25, 0.3) is 11.4 Å². The standard InChI is InChI=1S/C16H19ClN4O3S/c1-19-14(10-3-5-11(17)6-4-10)18-21(16(19)25)9-20-8-12(22)7-13(20)15(23)24-2/h3-6,12-13,22H,7-9H2,1-2H3/p+1/t12-,13-/m0/s1. The SMILES string of the molecule is COC(=O)[C@@H]1C[C@H](O)C[NH+]1Cn1nc(-c2ccc(Cl)cc2)n(C)c1=S. The number of rotatable bonds is 4. The summed E-state index contributed by atoms with van der Waals surface area (Å²) in [5.41, 5.74) is 0.901. The van der Waals surface area contributed by atoms with E-state index >= 15 is 0 Å². The fraction of sp³-hybridized carbons (Fsp3) is 0.438. The van der Waals surface area contributed by atoms with Crippen molar-refractivity contribution < 1.29 is 19.5 Å². The summed E-state index contributed by atoms with van der Waals surface area (Å²) < 4.78 is 8.89. The summed E-state index contributed by atoms with van der Waals surface area (Å²) in [6.45, 7) is 0.839. The van der Waals surface area contributed by atoms with Gasteiger partial charge in [0, 0.05) is 24.1 Å². The lowest BCUT2D eigenvalue weighted by molar-refractivity contribution is -0.928. The summed E-state index contributed by atoms with van der Waals surface area (Å²) in [7, 11) is 3.21. The number of esters is 1. The van der Waals surface area contributed by atoms with Gasteiger partial charge in [0.25, 0.3) is 0 Å². The van der Waals surface area contributed by atoms with E-state index in [0.29, 0.717) is 29.4 Å². The van der Waals surface area contributed by atoms with Crippen molar-refractivity contribution >= 4 is 29.8 Å². The van der Waals surface area contributed by atoms with Gasteiger partial charge in [-0.1, -0.05) is 11.6 Å². The molecule has 9 heteroatoms. The van der Waals surface area contributed by atoms with Crippen molar-refractivity contribution in [1.82, 2.24) is 14.3 Å². The molecule has 1 aromatic heterocycles. The number of hydrogen-bond acceptors (Lipinski definition) is 5. The highest BCUT2D eigenvalue weighted by Gasteiger charge is 2.41. The molecule has 25 heavy (non-hydrogen) atoms. The molecule has 1 aliphatic heterocycles. The van der Waals surface area contributed by atoms with Gasteiger partial charge in [0.05, 0.1) is 7.11 Å². The van der Waals surface area contributed by atoms with Gasteiger partial charge in [-0.3, -0.25) is 0 Å². The fourth-order valence-corrected chi connectivity index (χ4v) is 3.50. The van der Waals surface area contributed by atoms with Crippen molar-refractivity contribution in [2.24, 2.45) is 7.05 Å². The van der Waals surface area contributed by atoms with Gasteiger partial charge < -0.3 is 19.3 Å². The van der Waals surface area contributed by atoms with Crippen LogP contribution in [-0.2, 0) is 23.2 Å². The molecule has 2 heterocycles. The van der Waals surface area contributed by atoms with E-state index in [1.807, 2.05) is 23.7 Å². The molecule has 1 unspecified atom stereocenters. The minimum atomic E-state index is -0.535. The molecule has 0 saturated carbocycles. The van der Waals surface area contributed by atoms with E-state index in [4.69, 9.17) is 28.6 Å².